The predicted octanol–water partition coefficient (Wildman–Crippen LogP) is 2.44. The van der Waals surface area contributed by atoms with Gasteiger partial charge in [-0.05, 0) is 30.4 Å². The molecule has 1 aliphatic carbocycles. The average Bonchev–Trinajstić information content (AvgIpc) is 3.01. The topological polar surface area (TPSA) is 59.4 Å². The van der Waals surface area contributed by atoms with Gasteiger partial charge < -0.3 is 9.84 Å². The first kappa shape index (κ1) is 10.9. The first-order valence-electron chi connectivity index (χ1n) is 5.48. The number of aromatic carboxylic acids is 1. The minimum atomic E-state index is -1.04. The van der Waals surface area contributed by atoms with E-state index in [-0.39, 0.29) is 11.8 Å². The number of nitrogens with zero attached hydrogens (tertiary/aromatic N) is 1. The lowest BCUT2D eigenvalue weighted by Gasteiger charge is -2.11. The molecule has 0 radical (unpaired) electrons. The SMILES string of the molecule is CC(C)c1cnc(C(=O)O)c(OC2CC2)c1. The Bertz CT molecular complexity index is 411. The Morgan fingerprint density at radius 3 is 2.75 bits per heavy atom. The molecule has 1 aromatic heterocycles. The molecule has 4 heteroatoms. The molecule has 1 aliphatic rings. The zero-order valence-corrected chi connectivity index (χ0v) is 9.43. The van der Waals surface area contributed by atoms with Gasteiger partial charge in [0, 0.05) is 6.20 Å². The lowest BCUT2D eigenvalue weighted by atomic mass is 10.1. The summed E-state index contributed by atoms with van der Waals surface area (Å²) in [5.74, 6) is -0.316. The highest BCUT2D eigenvalue weighted by atomic mass is 16.5. The molecule has 1 saturated carbocycles. The van der Waals surface area contributed by atoms with Crippen LogP contribution in [-0.2, 0) is 0 Å². The van der Waals surface area contributed by atoms with E-state index in [0.717, 1.165) is 18.4 Å². The van der Waals surface area contributed by atoms with E-state index in [9.17, 15) is 4.79 Å². The lowest BCUT2D eigenvalue weighted by molar-refractivity contribution is 0.0685. The van der Waals surface area contributed by atoms with Crippen molar-refractivity contribution in [2.75, 3.05) is 0 Å². The van der Waals surface area contributed by atoms with Gasteiger partial charge in [-0.1, -0.05) is 13.8 Å². The number of carbonyl (C=O) groups is 1. The van der Waals surface area contributed by atoms with Gasteiger partial charge in [-0.25, -0.2) is 9.78 Å². The summed E-state index contributed by atoms with van der Waals surface area (Å²) < 4.78 is 5.57. The normalized spacial score (nSPS) is 15.2. The van der Waals surface area contributed by atoms with Crippen LogP contribution in [0, 0.1) is 0 Å². The third kappa shape index (κ3) is 2.32. The smallest absolute Gasteiger partial charge is 0.358 e. The second-order valence-corrected chi connectivity index (χ2v) is 4.39. The molecular weight excluding hydrogens is 206 g/mol. The number of ether oxygens (including phenoxy) is 1. The summed E-state index contributed by atoms with van der Waals surface area (Å²) in [6.07, 6.45) is 3.80. The Labute approximate surface area is 94.3 Å². The molecule has 16 heavy (non-hydrogen) atoms. The van der Waals surface area contributed by atoms with Crippen molar-refractivity contribution in [2.24, 2.45) is 0 Å². The van der Waals surface area contributed by atoms with Crippen LogP contribution in [-0.4, -0.2) is 22.2 Å². The van der Waals surface area contributed by atoms with Gasteiger partial charge in [0.25, 0.3) is 0 Å². The van der Waals surface area contributed by atoms with Crippen LogP contribution >= 0.6 is 0 Å². The number of carboxylic acid groups (broad SMARTS) is 1. The molecule has 1 heterocycles. The zero-order valence-electron chi connectivity index (χ0n) is 9.43. The highest BCUT2D eigenvalue weighted by Crippen LogP contribution is 2.30. The van der Waals surface area contributed by atoms with Crippen molar-refractivity contribution in [2.45, 2.75) is 38.7 Å². The first-order chi connectivity index (χ1) is 7.58. The molecule has 0 atom stereocenters. The van der Waals surface area contributed by atoms with Crippen molar-refractivity contribution < 1.29 is 14.6 Å². The maximum absolute atomic E-state index is 11.0. The molecule has 2 rings (SSSR count). The highest BCUT2D eigenvalue weighted by Gasteiger charge is 2.26. The minimum Gasteiger partial charge on any atom is -0.488 e. The van der Waals surface area contributed by atoms with Gasteiger partial charge in [0.2, 0.25) is 0 Å². The van der Waals surface area contributed by atoms with Crippen LogP contribution < -0.4 is 4.74 Å². The minimum absolute atomic E-state index is 0.0105. The van der Waals surface area contributed by atoms with E-state index in [0.29, 0.717) is 11.7 Å². The maximum Gasteiger partial charge on any atom is 0.358 e. The molecular formula is C12H15NO3. The summed E-state index contributed by atoms with van der Waals surface area (Å²) in [5, 5.41) is 8.99. The Morgan fingerprint density at radius 1 is 1.56 bits per heavy atom. The van der Waals surface area contributed by atoms with Gasteiger partial charge in [0.05, 0.1) is 6.10 Å². The molecule has 0 aliphatic heterocycles. The lowest BCUT2D eigenvalue weighted by Crippen LogP contribution is -2.08. The van der Waals surface area contributed by atoms with Gasteiger partial charge in [0.1, 0.15) is 0 Å². The summed E-state index contributed by atoms with van der Waals surface area (Å²) in [7, 11) is 0. The third-order valence-corrected chi connectivity index (χ3v) is 2.56. The average molecular weight is 221 g/mol. The van der Waals surface area contributed by atoms with Crippen LogP contribution in [0.2, 0.25) is 0 Å². The van der Waals surface area contributed by atoms with Gasteiger partial charge >= 0.3 is 5.97 Å². The van der Waals surface area contributed by atoms with Gasteiger partial charge in [-0.3, -0.25) is 0 Å². The van der Waals surface area contributed by atoms with Crippen molar-refractivity contribution in [3.05, 3.63) is 23.5 Å². The fourth-order valence-electron chi connectivity index (χ4n) is 1.39. The van der Waals surface area contributed by atoms with Crippen molar-refractivity contribution in [3.63, 3.8) is 0 Å². The van der Waals surface area contributed by atoms with Crippen LogP contribution in [0.25, 0.3) is 0 Å². The summed E-state index contributed by atoms with van der Waals surface area (Å²) in [6, 6.07) is 1.79. The van der Waals surface area contributed by atoms with Crippen LogP contribution in [0.5, 0.6) is 5.75 Å². The number of hydrogen-bond acceptors (Lipinski definition) is 3. The number of pyridine rings is 1. The molecule has 4 nitrogen and oxygen atoms in total. The number of aromatic nitrogens is 1. The highest BCUT2D eigenvalue weighted by molar-refractivity contribution is 5.88. The van der Waals surface area contributed by atoms with E-state index < -0.39 is 5.97 Å². The number of hydrogen-bond donors (Lipinski definition) is 1. The largest absolute Gasteiger partial charge is 0.488 e. The van der Waals surface area contributed by atoms with E-state index in [1.807, 2.05) is 13.8 Å². The van der Waals surface area contributed by atoms with Gasteiger partial charge in [-0.15, -0.1) is 0 Å². The van der Waals surface area contributed by atoms with Crippen molar-refractivity contribution in [1.82, 2.24) is 4.98 Å². The van der Waals surface area contributed by atoms with E-state index >= 15 is 0 Å². The molecule has 0 bridgehead atoms. The van der Waals surface area contributed by atoms with E-state index in [2.05, 4.69) is 4.98 Å². The molecule has 0 spiro atoms. The molecule has 0 unspecified atom stereocenters. The van der Waals surface area contributed by atoms with E-state index in [1.165, 1.54) is 0 Å². The Hall–Kier alpha value is -1.58. The molecule has 1 N–H and O–H groups in total. The van der Waals surface area contributed by atoms with Crippen LogP contribution in [0.1, 0.15) is 48.7 Å². The van der Waals surface area contributed by atoms with Crippen LogP contribution in [0.15, 0.2) is 12.3 Å². The van der Waals surface area contributed by atoms with E-state index in [4.69, 9.17) is 9.84 Å². The standard InChI is InChI=1S/C12H15NO3/c1-7(2)8-5-10(16-9-3-4-9)11(12(14)15)13-6-8/h5-7,9H,3-4H2,1-2H3,(H,14,15). The molecule has 0 amide bonds. The Kier molecular flexibility index (Phi) is 2.81. The second kappa shape index (κ2) is 4.12. The monoisotopic (exact) mass is 221 g/mol. The van der Waals surface area contributed by atoms with E-state index in [1.54, 1.807) is 12.3 Å². The van der Waals surface area contributed by atoms with Gasteiger partial charge in [-0.2, -0.15) is 0 Å². The fourth-order valence-corrected chi connectivity index (χ4v) is 1.39. The fraction of sp³-hybridized carbons (Fsp3) is 0.500. The summed E-state index contributed by atoms with van der Waals surface area (Å²) in [5.41, 5.74) is 1.01. The zero-order chi connectivity index (χ0) is 11.7. The summed E-state index contributed by atoms with van der Waals surface area (Å²) in [6.45, 7) is 4.08. The van der Waals surface area contributed by atoms with Crippen molar-refractivity contribution >= 4 is 5.97 Å². The molecule has 86 valence electrons. The molecule has 1 aromatic rings. The Morgan fingerprint density at radius 2 is 2.25 bits per heavy atom. The number of carboxylic acids is 1. The molecule has 0 saturated heterocycles. The van der Waals surface area contributed by atoms with Crippen molar-refractivity contribution in [1.29, 1.82) is 0 Å². The Balaban J connectivity index is 2.33. The second-order valence-electron chi connectivity index (χ2n) is 4.39. The molecule has 1 fully saturated rings. The summed E-state index contributed by atoms with van der Waals surface area (Å²) >= 11 is 0. The van der Waals surface area contributed by atoms with Crippen LogP contribution in [0.4, 0.5) is 0 Å². The van der Waals surface area contributed by atoms with Crippen molar-refractivity contribution in [3.8, 4) is 5.75 Å². The quantitative estimate of drug-likeness (QED) is 0.848. The first-order valence-corrected chi connectivity index (χ1v) is 5.48. The van der Waals surface area contributed by atoms with Gasteiger partial charge in [0.15, 0.2) is 11.4 Å². The predicted molar refractivity (Wildman–Crippen MR) is 58.9 cm³/mol. The molecule has 0 aromatic carbocycles. The summed E-state index contributed by atoms with van der Waals surface area (Å²) in [4.78, 5) is 14.9. The maximum atomic E-state index is 11.0. The third-order valence-electron chi connectivity index (χ3n) is 2.56. The number of rotatable bonds is 4. The van der Waals surface area contributed by atoms with Crippen LogP contribution in [0.3, 0.4) is 0 Å².